The summed E-state index contributed by atoms with van der Waals surface area (Å²) < 4.78 is 0. The van der Waals surface area contributed by atoms with Crippen molar-refractivity contribution in [3.05, 3.63) is 0 Å². The number of nitrogens with zero attached hydrogens (tertiary/aromatic N) is 1. The van der Waals surface area contributed by atoms with Gasteiger partial charge in [-0.15, -0.1) is 0 Å². The van der Waals surface area contributed by atoms with Crippen LogP contribution in [-0.2, 0) is 0 Å². The number of hydrogen-bond donors (Lipinski definition) is 2. The van der Waals surface area contributed by atoms with Gasteiger partial charge in [-0.05, 0) is 62.4 Å². The van der Waals surface area contributed by atoms with Crippen molar-refractivity contribution >= 4 is 0 Å². The van der Waals surface area contributed by atoms with Crippen molar-refractivity contribution in [2.75, 3.05) is 19.7 Å². The van der Waals surface area contributed by atoms with Gasteiger partial charge in [-0.2, -0.15) is 0 Å². The van der Waals surface area contributed by atoms with E-state index in [1.807, 2.05) is 0 Å². The molecule has 0 bridgehead atoms. The maximum atomic E-state index is 9.75. The predicted octanol–water partition coefficient (Wildman–Crippen LogP) is 3.01. The minimum Gasteiger partial charge on any atom is -0.395 e. The van der Waals surface area contributed by atoms with E-state index in [0.717, 1.165) is 25.4 Å². The first-order valence-electron chi connectivity index (χ1n) is 9.10. The number of aliphatic hydroxyl groups is 1. The summed E-state index contributed by atoms with van der Waals surface area (Å²) in [5.74, 6) is 1.43. The Balaban J connectivity index is 2.12. The fraction of sp³-hybridized carbons (Fsp3) is 1.00. The van der Waals surface area contributed by atoms with Crippen LogP contribution < -0.4 is 5.73 Å². The highest BCUT2D eigenvalue weighted by Gasteiger charge is 2.41. The molecule has 3 nitrogen and oxygen atoms in total. The molecule has 3 N–H and O–H groups in total. The lowest BCUT2D eigenvalue weighted by Crippen LogP contribution is -2.55. The lowest BCUT2D eigenvalue weighted by Gasteiger charge is -2.50. The molecule has 21 heavy (non-hydrogen) atoms. The molecular weight excluding hydrogens is 260 g/mol. The Morgan fingerprint density at radius 3 is 2.57 bits per heavy atom. The zero-order chi connectivity index (χ0) is 15.5. The number of rotatable bonds is 5. The summed E-state index contributed by atoms with van der Waals surface area (Å²) in [7, 11) is 0. The molecule has 0 amide bonds. The Morgan fingerprint density at radius 1 is 1.19 bits per heavy atom. The molecule has 3 heteroatoms. The minimum absolute atomic E-state index is 0.315. The molecule has 124 valence electrons. The first-order valence-corrected chi connectivity index (χ1v) is 9.10. The van der Waals surface area contributed by atoms with Gasteiger partial charge in [0.15, 0.2) is 0 Å². The first kappa shape index (κ1) is 17.2. The Labute approximate surface area is 131 Å². The van der Waals surface area contributed by atoms with Crippen molar-refractivity contribution in [2.24, 2.45) is 23.0 Å². The molecule has 4 unspecified atom stereocenters. The van der Waals surface area contributed by atoms with Gasteiger partial charge in [0.05, 0.1) is 6.61 Å². The molecule has 0 spiro atoms. The summed E-state index contributed by atoms with van der Waals surface area (Å²) in [6.07, 6.45) is 8.84. The van der Waals surface area contributed by atoms with E-state index >= 15 is 0 Å². The van der Waals surface area contributed by atoms with E-state index in [9.17, 15) is 5.11 Å². The van der Waals surface area contributed by atoms with Crippen LogP contribution in [0.1, 0.15) is 65.7 Å². The number of hydrogen-bond acceptors (Lipinski definition) is 3. The Morgan fingerprint density at radius 2 is 1.95 bits per heavy atom. The van der Waals surface area contributed by atoms with Crippen LogP contribution in [0.15, 0.2) is 0 Å². The van der Waals surface area contributed by atoms with E-state index in [-0.39, 0.29) is 0 Å². The summed E-state index contributed by atoms with van der Waals surface area (Å²) in [6, 6.07) is 0.971. The standard InChI is InChI=1S/C18H36N2O/c1-4-18(2,3)15-9-8-14(12-19)17(11-15)20-10-6-5-7-16(20)13-21/h14-17,21H,4-13,19H2,1-3H3. The van der Waals surface area contributed by atoms with Crippen molar-refractivity contribution in [1.82, 2.24) is 4.90 Å². The van der Waals surface area contributed by atoms with Crippen LogP contribution in [0.4, 0.5) is 0 Å². The first-order chi connectivity index (χ1) is 10.0. The van der Waals surface area contributed by atoms with E-state index in [2.05, 4.69) is 25.7 Å². The van der Waals surface area contributed by atoms with Gasteiger partial charge < -0.3 is 10.8 Å². The molecule has 2 rings (SSSR count). The number of nitrogens with two attached hydrogens (primary N) is 1. The van der Waals surface area contributed by atoms with Gasteiger partial charge in [0, 0.05) is 12.1 Å². The molecule has 1 aliphatic heterocycles. The molecule has 1 heterocycles. The largest absolute Gasteiger partial charge is 0.395 e. The minimum atomic E-state index is 0.315. The topological polar surface area (TPSA) is 49.5 Å². The third-order valence-corrected chi connectivity index (χ3v) is 6.58. The normalized spacial score (nSPS) is 35.9. The number of aliphatic hydroxyl groups excluding tert-OH is 1. The Hall–Kier alpha value is -0.120. The second kappa shape index (κ2) is 7.43. The van der Waals surface area contributed by atoms with Crippen molar-refractivity contribution in [2.45, 2.75) is 77.8 Å². The molecule has 0 radical (unpaired) electrons. The third kappa shape index (κ3) is 3.80. The van der Waals surface area contributed by atoms with E-state index in [0.29, 0.717) is 30.0 Å². The van der Waals surface area contributed by atoms with Crippen LogP contribution in [0.5, 0.6) is 0 Å². The van der Waals surface area contributed by atoms with Gasteiger partial charge in [-0.1, -0.05) is 33.6 Å². The molecule has 2 fully saturated rings. The maximum absolute atomic E-state index is 9.75. The second-order valence-electron chi connectivity index (χ2n) is 7.99. The van der Waals surface area contributed by atoms with Gasteiger partial charge >= 0.3 is 0 Å². The van der Waals surface area contributed by atoms with Crippen molar-refractivity contribution in [3.63, 3.8) is 0 Å². The molecule has 1 saturated heterocycles. The van der Waals surface area contributed by atoms with Crippen LogP contribution in [-0.4, -0.2) is 41.8 Å². The van der Waals surface area contributed by atoms with Gasteiger partial charge in [0.2, 0.25) is 0 Å². The maximum Gasteiger partial charge on any atom is 0.0586 e. The molecule has 0 aromatic carbocycles. The molecule has 1 saturated carbocycles. The summed E-state index contributed by atoms with van der Waals surface area (Å²) in [4.78, 5) is 2.62. The van der Waals surface area contributed by atoms with Crippen LogP contribution in [0.3, 0.4) is 0 Å². The van der Waals surface area contributed by atoms with Gasteiger partial charge in [0.25, 0.3) is 0 Å². The van der Waals surface area contributed by atoms with Gasteiger partial charge in [-0.3, -0.25) is 4.90 Å². The highest BCUT2D eigenvalue weighted by atomic mass is 16.3. The average molecular weight is 296 g/mol. The second-order valence-corrected chi connectivity index (χ2v) is 7.99. The van der Waals surface area contributed by atoms with Gasteiger partial charge in [0.1, 0.15) is 0 Å². The molecule has 4 atom stereocenters. The Kier molecular flexibility index (Phi) is 6.10. The van der Waals surface area contributed by atoms with E-state index in [4.69, 9.17) is 5.73 Å². The summed E-state index contributed by atoms with van der Waals surface area (Å²) in [5, 5.41) is 9.75. The Bertz CT molecular complexity index is 318. The molecule has 2 aliphatic rings. The van der Waals surface area contributed by atoms with Crippen molar-refractivity contribution in [3.8, 4) is 0 Å². The van der Waals surface area contributed by atoms with E-state index < -0.39 is 0 Å². The van der Waals surface area contributed by atoms with E-state index in [1.54, 1.807) is 0 Å². The monoisotopic (exact) mass is 296 g/mol. The highest BCUT2D eigenvalue weighted by Crippen LogP contribution is 2.44. The molecule has 1 aliphatic carbocycles. The van der Waals surface area contributed by atoms with Crippen LogP contribution in [0.25, 0.3) is 0 Å². The predicted molar refractivity (Wildman–Crippen MR) is 89.2 cm³/mol. The van der Waals surface area contributed by atoms with E-state index in [1.165, 1.54) is 38.5 Å². The zero-order valence-electron chi connectivity index (χ0n) is 14.4. The summed E-state index contributed by atoms with van der Waals surface area (Å²) >= 11 is 0. The molecule has 0 aromatic heterocycles. The molecular formula is C18H36N2O. The van der Waals surface area contributed by atoms with Crippen LogP contribution >= 0.6 is 0 Å². The smallest absolute Gasteiger partial charge is 0.0586 e. The number of piperidine rings is 1. The van der Waals surface area contributed by atoms with Crippen molar-refractivity contribution < 1.29 is 5.11 Å². The van der Waals surface area contributed by atoms with Gasteiger partial charge in [-0.25, -0.2) is 0 Å². The summed E-state index contributed by atoms with van der Waals surface area (Å²) in [6.45, 7) is 9.45. The number of likely N-dealkylation sites (tertiary alicyclic amines) is 1. The van der Waals surface area contributed by atoms with Crippen LogP contribution in [0, 0.1) is 17.3 Å². The summed E-state index contributed by atoms with van der Waals surface area (Å²) in [5.41, 5.74) is 6.52. The quantitative estimate of drug-likeness (QED) is 0.820. The van der Waals surface area contributed by atoms with Crippen LogP contribution in [0.2, 0.25) is 0 Å². The zero-order valence-corrected chi connectivity index (χ0v) is 14.4. The average Bonchev–Trinajstić information content (AvgIpc) is 2.54. The highest BCUT2D eigenvalue weighted by molar-refractivity contribution is 4.94. The SMILES string of the molecule is CCC(C)(C)C1CCC(CN)C(N2CCCCC2CO)C1. The lowest BCUT2D eigenvalue weighted by atomic mass is 9.65. The lowest BCUT2D eigenvalue weighted by molar-refractivity contribution is -0.0154. The third-order valence-electron chi connectivity index (χ3n) is 6.58. The van der Waals surface area contributed by atoms with Crippen molar-refractivity contribution in [1.29, 1.82) is 0 Å². The fourth-order valence-corrected chi connectivity index (χ4v) is 4.54. The molecule has 0 aromatic rings. The fourth-order valence-electron chi connectivity index (χ4n) is 4.54.